The molecule has 2 saturated carbocycles. The molecule has 0 aromatic heterocycles. The standard InChI is InChI=1S/C16H32O3SSi/c1-15(2)11-14-10-13(15)12-16(14,3)20-8-7-9-21(17-4,18-5)19-6/h13-14H,7-12H2,1-6H3. The van der Waals surface area contributed by atoms with Gasteiger partial charge in [-0.1, -0.05) is 20.8 Å². The van der Waals surface area contributed by atoms with E-state index in [0.717, 1.165) is 24.3 Å². The number of thioether (sulfide) groups is 1. The molecule has 0 amide bonds. The third-order valence-electron chi connectivity index (χ3n) is 5.95. The van der Waals surface area contributed by atoms with Crippen molar-refractivity contribution in [3.63, 3.8) is 0 Å². The first-order chi connectivity index (χ1) is 9.81. The van der Waals surface area contributed by atoms with Gasteiger partial charge in [-0.05, 0) is 48.7 Å². The summed E-state index contributed by atoms with van der Waals surface area (Å²) >= 11 is 2.18. The molecule has 2 fully saturated rings. The zero-order valence-electron chi connectivity index (χ0n) is 14.5. The summed E-state index contributed by atoms with van der Waals surface area (Å²) in [5, 5.41) is 0. The highest BCUT2D eigenvalue weighted by molar-refractivity contribution is 8.00. The summed E-state index contributed by atoms with van der Waals surface area (Å²) in [7, 11) is 2.73. The molecule has 2 aliphatic rings. The zero-order valence-corrected chi connectivity index (χ0v) is 16.3. The van der Waals surface area contributed by atoms with Crippen molar-refractivity contribution in [1.82, 2.24) is 0 Å². The van der Waals surface area contributed by atoms with Crippen LogP contribution in [0, 0.1) is 17.3 Å². The van der Waals surface area contributed by atoms with E-state index in [4.69, 9.17) is 13.3 Å². The molecule has 3 nitrogen and oxygen atoms in total. The van der Waals surface area contributed by atoms with E-state index in [1.54, 1.807) is 21.3 Å². The smallest absolute Gasteiger partial charge is 0.377 e. The van der Waals surface area contributed by atoms with Gasteiger partial charge in [0.2, 0.25) is 0 Å². The summed E-state index contributed by atoms with van der Waals surface area (Å²) in [6, 6.07) is 0.916. The molecule has 0 aliphatic heterocycles. The van der Waals surface area contributed by atoms with Crippen LogP contribution in [0.2, 0.25) is 6.04 Å². The quantitative estimate of drug-likeness (QED) is 0.492. The van der Waals surface area contributed by atoms with E-state index in [1.807, 2.05) is 0 Å². The van der Waals surface area contributed by atoms with Crippen LogP contribution in [0.15, 0.2) is 0 Å². The highest BCUT2D eigenvalue weighted by Gasteiger charge is 2.55. The highest BCUT2D eigenvalue weighted by Crippen LogP contribution is 2.63. The SMILES string of the molecule is CO[Si](CCCSC1(C)CC2CC1CC2(C)C)(OC)OC. The fourth-order valence-electron chi connectivity index (χ4n) is 4.36. The minimum absolute atomic E-state index is 0.498. The second-order valence-corrected chi connectivity index (χ2v) is 12.3. The molecule has 0 heterocycles. The van der Waals surface area contributed by atoms with Crippen LogP contribution >= 0.6 is 11.8 Å². The average Bonchev–Trinajstić information content (AvgIpc) is 2.92. The molecular weight excluding hydrogens is 300 g/mol. The summed E-state index contributed by atoms with van der Waals surface area (Å²) < 4.78 is 17.0. The minimum atomic E-state index is -2.37. The molecule has 0 radical (unpaired) electrons. The number of hydrogen-bond acceptors (Lipinski definition) is 4. The minimum Gasteiger partial charge on any atom is -0.377 e. The van der Waals surface area contributed by atoms with Crippen molar-refractivity contribution in [3.05, 3.63) is 0 Å². The lowest BCUT2D eigenvalue weighted by Gasteiger charge is -2.40. The van der Waals surface area contributed by atoms with Crippen molar-refractivity contribution in [2.75, 3.05) is 27.1 Å². The van der Waals surface area contributed by atoms with Crippen LogP contribution in [0.4, 0.5) is 0 Å². The largest absolute Gasteiger partial charge is 0.500 e. The summed E-state index contributed by atoms with van der Waals surface area (Å²) in [5.74, 6) is 3.03. The lowest BCUT2D eigenvalue weighted by atomic mass is 9.73. The van der Waals surface area contributed by atoms with Gasteiger partial charge in [0.15, 0.2) is 0 Å². The van der Waals surface area contributed by atoms with E-state index >= 15 is 0 Å². The Hall–Kier alpha value is 0.447. The second kappa shape index (κ2) is 6.52. The van der Waals surface area contributed by atoms with E-state index in [2.05, 4.69) is 32.5 Å². The molecule has 0 saturated heterocycles. The number of fused-ring (bicyclic) bond motifs is 2. The summed E-state index contributed by atoms with van der Waals surface area (Å²) in [4.78, 5) is 0. The van der Waals surface area contributed by atoms with E-state index in [9.17, 15) is 0 Å². The van der Waals surface area contributed by atoms with Crippen LogP contribution in [-0.4, -0.2) is 40.6 Å². The molecule has 2 rings (SSSR count). The Morgan fingerprint density at radius 3 is 2.05 bits per heavy atom. The predicted molar refractivity (Wildman–Crippen MR) is 91.7 cm³/mol. The topological polar surface area (TPSA) is 27.7 Å². The van der Waals surface area contributed by atoms with E-state index < -0.39 is 8.80 Å². The van der Waals surface area contributed by atoms with Crippen molar-refractivity contribution in [2.24, 2.45) is 17.3 Å². The zero-order chi connectivity index (χ0) is 15.7. The average molecular weight is 333 g/mol. The maximum atomic E-state index is 5.50. The maximum absolute atomic E-state index is 5.50. The van der Waals surface area contributed by atoms with Gasteiger partial charge < -0.3 is 13.3 Å². The van der Waals surface area contributed by atoms with Gasteiger partial charge >= 0.3 is 8.80 Å². The van der Waals surface area contributed by atoms with Crippen LogP contribution in [0.25, 0.3) is 0 Å². The van der Waals surface area contributed by atoms with Gasteiger partial charge in [0, 0.05) is 32.1 Å². The first-order valence-electron chi connectivity index (χ1n) is 8.10. The van der Waals surface area contributed by atoms with Gasteiger partial charge in [0.05, 0.1) is 0 Å². The summed E-state index contributed by atoms with van der Waals surface area (Å²) in [6.45, 7) is 7.40. The molecule has 0 spiro atoms. The molecule has 5 heteroatoms. The van der Waals surface area contributed by atoms with Crippen LogP contribution in [-0.2, 0) is 13.3 Å². The lowest BCUT2D eigenvalue weighted by Crippen LogP contribution is -2.42. The Bertz CT molecular complexity index is 351. The van der Waals surface area contributed by atoms with E-state index in [-0.39, 0.29) is 0 Å². The van der Waals surface area contributed by atoms with Crippen LogP contribution in [0.1, 0.15) is 46.5 Å². The van der Waals surface area contributed by atoms with Crippen molar-refractivity contribution in [1.29, 1.82) is 0 Å². The van der Waals surface area contributed by atoms with Gasteiger partial charge in [0.1, 0.15) is 0 Å². The predicted octanol–water partition coefficient (Wildman–Crippen LogP) is 4.20. The normalized spacial score (nSPS) is 34.6. The Balaban J connectivity index is 1.78. The number of hydrogen-bond donors (Lipinski definition) is 0. The van der Waals surface area contributed by atoms with Gasteiger partial charge in [-0.2, -0.15) is 11.8 Å². The lowest BCUT2D eigenvalue weighted by molar-refractivity contribution is 0.123. The van der Waals surface area contributed by atoms with Crippen molar-refractivity contribution in [3.8, 4) is 0 Å². The van der Waals surface area contributed by atoms with Gasteiger partial charge in [-0.3, -0.25) is 0 Å². The Morgan fingerprint density at radius 2 is 1.62 bits per heavy atom. The highest BCUT2D eigenvalue weighted by atomic mass is 32.2. The van der Waals surface area contributed by atoms with Crippen molar-refractivity contribution in [2.45, 2.75) is 57.2 Å². The van der Waals surface area contributed by atoms with Gasteiger partial charge in [0.25, 0.3) is 0 Å². The monoisotopic (exact) mass is 332 g/mol. The molecule has 124 valence electrons. The molecular formula is C16H32O3SSi. The molecule has 3 unspecified atom stereocenters. The third-order valence-corrected chi connectivity index (χ3v) is 10.4. The third kappa shape index (κ3) is 3.52. The molecule has 0 aromatic carbocycles. The van der Waals surface area contributed by atoms with Gasteiger partial charge in [-0.25, -0.2) is 0 Å². The fraction of sp³-hybridized carbons (Fsp3) is 1.00. The van der Waals surface area contributed by atoms with Crippen molar-refractivity contribution >= 4 is 20.6 Å². The summed E-state index contributed by atoms with van der Waals surface area (Å²) in [6.07, 6.45) is 5.37. The van der Waals surface area contributed by atoms with Crippen LogP contribution in [0.3, 0.4) is 0 Å². The Kier molecular flexibility index (Phi) is 5.52. The van der Waals surface area contributed by atoms with Gasteiger partial charge in [-0.15, -0.1) is 0 Å². The Labute approximate surface area is 135 Å². The van der Waals surface area contributed by atoms with Crippen molar-refractivity contribution < 1.29 is 13.3 Å². The molecule has 0 N–H and O–H groups in total. The molecule has 3 atom stereocenters. The molecule has 21 heavy (non-hydrogen) atoms. The second-order valence-electron chi connectivity index (χ2n) is 7.59. The maximum Gasteiger partial charge on any atom is 0.500 e. The number of rotatable bonds is 8. The molecule has 2 bridgehead atoms. The first-order valence-corrected chi connectivity index (χ1v) is 11.0. The molecule has 2 aliphatic carbocycles. The van der Waals surface area contributed by atoms with E-state index in [0.29, 0.717) is 10.2 Å². The van der Waals surface area contributed by atoms with Crippen LogP contribution in [0.5, 0.6) is 0 Å². The molecule has 0 aromatic rings. The van der Waals surface area contributed by atoms with Crippen LogP contribution < -0.4 is 0 Å². The fourth-order valence-corrected chi connectivity index (χ4v) is 7.82. The first kappa shape index (κ1) is 17.8. The Morgan fingerprint density at radius 1 is 1.00 bits per heavy atom. The summed E-state index contributed by atoms with van der Waals surface area (Å²) in [5.41, 5.74) is 0.578. The van der Waals surface area contributed by atoms with E-state index in [1.165, 1.54) is 25.0 Å².